The fraction of sp³-hybridized carbons (Fsp3) is 0.545. The highest BCUT2D eigenvalue weighted by Gasteiger charge is 2.28. The topological polar surface area (TPSA) is 81.4 Å². The lowest BCUT2D eigenvalue weighted by atomic mass is 10.5. The fourth-order valence-corrected chi connectivity index (χ4v) is 2.65. The van der Waals surface area contributed by atoms with Gasteiger partial charge in [0.25, 0.3) is 0 Å². The molecule has 0 bridgehead atoms. The van der Waals surface area contributed by atoms with Crippen molar-refractivity contribution in [3.05, 3.63) is 11.2 Å². The van der Waals surface area contributed by atoms with Crippen LogP contribution in [0.2, 0.25) is 5.02 Å². The molecule has 0 atom stereocenters. The van der Waals surface area contributed by atoms with Crippen molar-refractivity contribution in [3.8, 4) is 0 Å². The van der Waals surface area contributed by atoms with Gasteiger partial charge >= 0.3 is 0 Å². The van der Waals surface area contributed by atoms with E-state index in [1.54, 1.807) is 6.20 Å². The molecule has 1 aliphatic carbocycles. The van der Waals surface area contributed by atoms with E-state index in [1.165, 1.54) is 11.8 Å². The second-order valence-electron chi connectivity index (χ2n) is 4.51. The van der Waals surface area contributed by atoms with E-state index >= 15 is 0 Å². The van der Waals surface area contributed by atoms with E-state index in [2.05, 4.69) is 37.7 Å². The third-order valence-electron chi connectivity index (χ3n) is 2.79. The van der Waals surface area contributed by atoms with Crippen LogP contribution in [0.5, 0.6) is 0 Å². The first-order valence-electron chi connectivity index (χ1n) is 6.50. The molecule has 2 aromatic rings. The average molecular weight is 312 g/mol. The van der Waals surface area contributed by atoms with Crippen LogP contribution < -0.4 is 5.32 Å². The molecule has 0 aromatic carbocycles. The molecule has 1 saturated carbocycles. The molecule has 3 rings (SSSR count). The van der Waals surface area contributed by atoms with Crippen LogP contribution in [0.25, 0.3) is 0 Å². The zero-order valence-electron chi connectivity index (χ0n) is 11.0. The summed E-state index contributed by atoms with van der Waals surface area (Å²) >= 11 is 7.51. The van der Waals surface area contributed by atoms with Crippen LogP contribution in [-0.2, 0) is 0 Å². The third kappa shape index (κ3) is 3.01. The number of halogens is 1. The zero-order valence-corrected chi connectivity index (χ0v) is 12.5. The van der Waals surface area contributed by atoms with E-state index in [-0.39, 0.29) is 0 Å². The molecule has 0 aliphatic heterocycles. The fourth-order valence-electron chi connectivity index (χ4n) is 1.63. The molecule has 2 heterocycles. The van der Waals surface area contributed by atoms with Crippen LogP contribution in [0.15, 0.2) is 16.4 Å². The Morgan fingerprint density at radius 3 is 3.10 bits per heavy atom. The number of nitrogens with zero attached hydrogens (tertiary/aromatic N) is 6. The first-order valence-corrected chi connectivity index (χ1v) is 7.69. The van der Waals surface area contributed by atoms with Gasteiger partial charge in [-0.2, -0.15) is 0 Å². The Kier molecular flexibility index (Phi) is 4.02. The highest BCUT2D eigenvalue weighted by Crippen LogP contribution is 2.38. The summed E-state index contributed by atoms with van der Waals surface area (Å²) in [4.78, 5) is 8.56. The van der Waals surface area contributed by atoms with Crippen molar-refractivity contribution in [2.75, 3.05) is 11.9 Å². The molecule has 0 spiro atoms. The van der Waals surface area contributed by atoms with Gasteiger partial charge in [0.05, 0.1) is 17.3 Å². The lowest BCUT2D eigenvalue weighted by Crippen LogP contribution is -2.05. The van der Waals surface area contributed by atoms with E-state index in [0.29, 0.717) is 22.0 Å². The van der Waals surface area contributed by atoms with Crippen molar-refractivity contribution >= 4 is 29.3 Å². The van der Waals surface area contributed by atoms with Gasteiger partial charge in [-0.3, -0.25) is 0 Å². The molecule has 1 fully saturated rings. The Bertz CT molecular complexity index is 598. The Morgan fingerprint density at radius 2 is 2.35 bits per heavy atom. The molecule has 106 valence electrons. The van der Waals surface area contributed by atoms with Gasteiger partial charge in [-0.25, -0.2) is 14.6 Å². The molecule has 0 unspecified atom stereocenters. The summed E-state index contributed by atoms with van der Waals surface area (Å²) in [6.45, 7) is 2.91. The normalized spacial score (nSPS) is 14.5. The SMILES string of the molecule is CCCNc1ncc(Cl)c(Sc2nnnn2C2CC2)n1. The van der Waals surface area contributed by atoms with E-state index in [0.717, 1.165) is 31.0 Å². The van der Waals surface area contributed by atoms with E-state index in [4.69, 9.17) is 11.6 Å². The number of nitrogens with one attached hydrogen (secondary N) is 1. The second kappa shape index (κ2) is 5.92. The van der Waals surface area contributed by atoms with Gasteiger partial charge < -0.3 is 5.32 Å². The van der Waals surface area contributed by atoms with Gasteiger partial charge in [0.2, 0.25) is 11.1 Å². The summed E-state index contributed by atoms with van der Waals surface area (Å²) in [5.41, 5.74) is 0. The minimum absolute atomic E-state index is 0.422. The van der Waals surface area contributed by atoms with Gasteiger partial charge in [-0.15, -0.1) is 5.10 Å². The van der Waals surface area contributed by atoms with E-state index in [9.17, 15) is 0 Å². The second-order valence-corrected chi connectivity index (χ2v) is 5.88. The first-order chi connectivity index (χ1) is 9.78. The molecule has 9 heteroatoms. The minimum Gasteiger partial charge on any atom is -0.354 e. The van der Waals surface area contributed by atoms with Crippen LogP contribution in [0.3, 0.4) is 0 Å². The highest BCUT2D eigenvalue weighted by molar-refractivity contribution is 7.99. The van der Waals surface area contributed by atoms with Crippen molar-refractivity contribution in [1.29, 1.82) is 0 Å². The summed E-state index contributed by atoms with van der Waals surface area (Å²) in [7, 11) is 0. The molecule has 20 heavy (non-hydrogen) atoms. The van der Waals surface area contributed by atoms with Gasteiger partial charge in [0, 0.05) is 6.54 Å². The van der Waals surface area contributed by atoms with Crippen molar-refractivity contribution in [2.45, 2.75) is 42.4 Å². The molecular formula is C11H14ClN7S. The van der Waals surface area contributed by atoms with Crippen molar-refractivity contribution in [1.82, 2.24) is 30.2 Å². The molecular weight excluding hydrogens is 298 g/mol. The van der Waals surface area contributed by atoms with Crippen LogP contribution in [-0.4, -0.2) is 36.7 Å². The highest BCUT2D eigenvalue weighted by atomic mass is 35.5. The Hall–Kier alpha value is -1.41. The van der Waals surface area contributed by atoms with Crippen molar-refractivity contribution in [3.63, 3.8) is 0 Å². The van der Waals surface area contributed by atoms with Crippen molar-refractivity contribution in [2.24, 2.45) is 0 Å². The number of anilines is 1. The predicted molar refractivity (Wildman–Crippen MR) is 76.0 cm³/mol. The molecule has 7 nitrogen and oxygen atoms in total. The lowest BCUT2D eigenvalue weighted by molar-refractivity contribution is 0.565. The molecule has 2 aromatic heterocycles. The number of rotatable bonds is 6. The summed E-state index contributed by atoms with van der Waals surface area (Å²) in [6, 6.07) is 0.422. The maximum absolute atomic E-state index is 6.14. The van der Waals surface area contributed by atoms with Crippen LogP contribution in [0.4, 0.5) is 5.95 Å². The zero-order chi connectivity index (χ0) is 13.9. The Balaban J connectivity index is 1.80. The quantitative estimate of drug-likeness (QED) is 0.820. The van der Waals surface area contributed by atoms with Gasteiger partial charge in [-0.1, -0.05) is 18.5 Å². The van der Waals surface area contributed by atoms with E-state index in [1.807, 2.05) is 4.68 Å². The largest absolute Gasteiger partial charge is 0.354 e. The monoisotopic (exact) mass is 311 g/mol. The lowest BCUT2D eigenvalue weighted by Gasteiger charge is -2.06. The van der Waals surface area contributed by atoms with Gasteiger partial charge in [-0.05, 0) is 41.5 Å². The summed E-state index contributed by atoms with van der Waals surface area (Å²) in [5.74, 6) is 0.573. The Labute approximate surface area is 125 Å². The van der Waals surface area contributed by atoms with Crippen LogP contribution in [0, 0.1) is 0 Å². The Morgan fingerprint density at radius 1 is 1.50 bits per heavy atom. The standard InChI is InChI=1S/C11H14ClN7S/c1-2-5-13-10-14-6-8(12)9(15-10)20-11-16-17-18-19(11)7-3-4-7/h6-7H,2-5H2,1H3,(H,13,14,15). The van der Waals surface area contributed by atoms with Gasteiger partial charge in [0.15, 0.2) is 0 Å². The molecule has 0 saturated heterocycles. The minimum atomic E-state index is 0.422. The van der Waals surface area contributed by atoms with Crippen molar-refractivity contribution < 1.29 is 0 Å². The molecule has 0 amide bonds. The third-order valence-corrected chi connectivity index (χ3v) is 4.13. The number of hydrogen-bond donors (Lipinski definition) is 1. The maximum atomic E-state index is 6.14. The van der Waals surface area contributed by atoms with Crippen LogP contribution in [0.1, 0.15) is 32.2 Å². The van der Waals surface area contributed by atoms with Crippen LogP contribution >= 0.6 is 23.4 Å². The number of tetrazole rings is 1. The molecule has 0 radical (unpaired) electrons. The summed E-state index contributed by atoms with van der Waals surface area (Å²) in [5, 5.41) is 16.8. The smallest absolute Gasteiger partial charge is 0.223 e. The van der Waals surface area contributed by atoms with E-state index < -0.39 is 0 Å². The number of aromatic nitrogens is 6. The average Bonchev–Trinajstić information content (AvgIpc) is 3.20. The summed E-state index contributed by atoms with van der Waals surface area (Å²) in [6.07, 6.45) is 4.85. The summed E-state index contributed by atoms with van der Waals surface area (Å²) < 4.78 is 1.84. The molecule has 1 aliphatic rings. The number of hydrogen-bond acceptors (Lipinski definition) is 7. The predicted octanol–water partition coefficient (Wildman–Crippen LogP) is 2.42. The molecule has 1 N–H and O–H groups in total. The first kappa shape index (κ1) is 13.6. The maximum Gasteiger partial charge on any atom is 0.223 e. The van der Waals surface area contributed by atoms with Gasteiger partial charge in [0.1, 0.15) is 5.03 Å².